The molecule has 2 heterocycles. The molecule has 0 saturated carbocycles. The van der Waals surface area contributed by atoms with E-state index in [1.54, 1.807) is 18.5 Å². The van der Waals surface area contributed by atoms with Crippen molar-refractivity contribution >= 4 is 11.9 Å². The maximum absolute atomic E-state index is 12.4. The number of aliphatic hydroxyl groups excluding tert-OH is 1. The molecule has 20 heavy (non-hydrogen) atoms. The summed E-state index contributed by atoms with van der Waals surface area (Å²) in [7, 11) is 0. The summed E-state index contributed by atoms with van der Waals surface area (Å²) in [4.78, 5) is 22.7. The summed E-state index contributed by atoms with van der Waals surface area (Å²) >= 11 is 0. The minimum Gasteiger partial charge on any atom is -0.394 e. The number of hydrogen-bond donors (Lipinski definition) is 2. The van der Waals surface area contributed by atoms with Crippen LogP contribution in [0.3, 0.4) is 0 Å². The summed E-state index contributed by atoms with van der Waals surface area (Å²) < 4.78 is 0. The highest BCUT2D eigenvalue weighted by Crippen LogP contribution is 2.22. The van der Waals surface area contributed by atoms with E-state index in [9.17, 15) is 9.90 Å². The number of hydrogen-bond acceptors (Lipinski definition) is 5. The number of carbonyl (C=O) groups is 1. The van der Waals surface area contributed by atoms with Crippen molar-refractivity contribution in [2.24, 2.45) is 5.92 Å². The van der Waals surface area contributed by atoms with E-state index >= 15 is 0 Å². The minimum absolute atomic E-state index is 0.0437. The van der Waals surface area contributed by atoms with E-state index in [2.05, 4.69) is 15.3 Å². The smallest absolute Gasteiger partial charge is 0.243 e. The Kier molecular flexibility index (Phi) is 4.89. The van der Waals surface area contributed by atoms with Crippen LogP contribution in [0.15, 0.2) is 18.5 Å². The molecule has 0 radical (unpaired) electrons. The molecule has 0 aliphatic carbocycles. The third-order valence-corrected chi connectivity index (χ3v) is 3.69. The number of nitrogens with zero attached hydrogens (tertiary/aromatic N) is 3. The molecule has 2 N–H and O–H groups in total. The van der Waals surface area contributed by atoms with Gasteiger partial charge in [0.25, 0.3) is 0 Å². The van der Waals surface area contributed by atoms with Gasteiger partial charge < -0.3 is 15.3 Å². The third-order valence-electron chi connectivity index (χ3n) is 3.69. The van der Waals surface area contributed by atoms with Crippen molar-refractivity contribution in [3.05, 3.63) is 18.5 Å². The van der Waals surface area contributed by atoms with Crippen molar-refractivity contribution in [2.75, 3.05) is 18.1 Å². The highest BCUT2D eigenvalue weighted by atomic mass is 16.3. The van der Waals surface area contributed by atoms with Crippen molar-refractivity contribution in [2.45, 2.75) is 38.8 Å². The van der Waals surface area contributed by atoms with Gasteiger partial charge in [-0.15, -0.1) is 0 Å². The van der Waals surface area contributed by atoms with Gasteiger partial charge in [0.1, 0.15) is 6.04 Å². The van der Waals surface area contributed by atoms with Crippen molar-refractivity contribution in [1.29, 1.82) is 0 Å². The lowest BCUT2D eigenvalue weighted by Crippen LogP contribution is -2.50. The van der Waals surface area contributed by atoms with Gasteiger partial charge in [0.2, 0.25) is 11.9 Å². The second-order valence-corrected chi connectivity index (χ2v) is 5.44. The molecule has 1 fully saturated rings. The van der Waals surface area contributed by atoms with Gasteiger partial charge in [-0.05, 0) is 24.8 Å². The van der Waals surface area contributed by atoms with Crippen molar-refractivity contribution in [1.82, 2.24) is 15.3 Å². The Bertz CT molecular complexity index is 438. The topological polar surface area (TPSA) is 78.4 Å². The Hall–Kier alpha value is -1.69. The van der Waals surface area contributed by atoms with E-state index in [-0.39, 0.29) is 30.5 Å². The fourth-order valence-corrected chi connectivity index (χ4v) is 2.42. The van der Waals surface area contributed by atoms with Crippen LogP contribution in [-0.2, 0) is 4.79 Å². The number of nitrogens with one attached hydrogen (secondary N) is 1. The second-order valence-electron chi connectivity index (χ2n) is 5.44. The first kappa shape index (κ1) is 14.7. The van der Waals surface area contributed by atoms with Gasteiger partial charge in [-0.3, -0.25) is 4.79 Å². The summed E-state index contributed by atoms with van der Waals surface area (Å²) in [6.07, 6.45) is 5.10. The summed E-state index contributed by atoms with van der Waals surface area (Å²) in [6, 6.07) is 1.31. The fraction of sp³-hybridized carbons (Fsp3) is 0.643. The number of amides is 1. The average molecular weight is 278 g/mol. The quantitative estimate of drug-likeness (QED) is 0.823. The standard InChI is InChI=1S/C14H22N4O2/c1-10(2)11(9-19)17-13(20)12-5-3-8-18(12)14-15-6-4-7-16-14/h4,6-7,10-12,19H,3,5,8-9H2,1-2H3,(H,17,20)/t11-,12?/m1/s1. The van der Waals surface area contributed by atoms with Gasteiger partial charge in [-0.1, -0.05) is 13.8 Å². The Morgan fingerprint density at radius 2 is 2.20 bits per heavy atom. The predicted molar refractivity (Wildman–Crippen MR) is 76.3 cm³/mol. The molecular weight excluding hydrogens is 256 g/mol. The predicted octanol–water partition coefficient (Wildman–Crippen LogP) is 0.578. The third kappa shape index (κ3) is 3.25. The Morgan fingerprint density at radius 3 is 2.80 bits per heavy atom. The van der Waals surface area contributed by atoms with E-state index < -0.39 is 0 Å². The summed E-state index contributed by atoms with van der Waals surface area (Å²) in [5.74, 6) is 0.740. The fourth-order valence-electron chi connectivity index (χ4n) is 2.42. The van der Waals surface area contributed by atoms with Gasteiger partial charge in [-0.25, -0.2) is 9.97 Å². The Balaban J connectivity index is 2.05. The molecule has 110 valence electrons. The van der Waals surface area contributed by atoms with E-state index in [0.29, 0.717) is 5.95 Å². The van der Waals surface area contributed by atoms with Gasteiger partial charge in [0.05, 0.1) is 12.6 Å². The first-order valence-corrected chi connectivity index (χ1v) is 7.08. The highest BCUT2D eigenvalue weighted by Gasteiger charge is 2.33. The van der Waals surface area contributed by atoms with Gasteiger partial charge in [0.15, 0.2) is 0 Å². The zero-order chi connectivity index (χ0) is 14.5. The summed E-state index contributed by atoms with van der Waals surface area (Å²) in [6.45, 7) is 4.70. The summed E-state index contributed by atoms with van der Waals surface area (Å²) in [5.41, 5.74) is 0. The molecule has 1 aromatic heterocycles. The van der Waals surface area contributed by atoms with Gasteiger partial charge in [0, 0.05) is 18.9 Å². The van der Waals surface area contributed by atoms with Crippen molar-refractivity contribution in [3.63, 3.8) is 0 Å². The van der Waals surface area contributed by atoms with E-state index in [1.807, 2.05) is 18.7 Å². The molecule has 1 aliphatic heterocycles. The first-order valence-electron chi connectivity index (χ1n) is 7.08. The zero-order valence-corrected chi connectivity index (χ0v) is 12.0. The van der Waals surface area contributed by atoms with Crippen LogP contribution in [0, 0.1) is 5.92 Å². The highest BCUT2D eigenvalue weighted by molar-refractivity contribution is 5.85. The van der Waals surface area contributed by atoms with Crippen molar-refractivity contribution < 1.29 is 9.90 Å². The van der Waals surface area contributed by atoms with Crippen LogP contribution in [0.5, 0.6) is 0 Å². The van der Waals surface area contributed by atoms with E-state index in [1.165, 1.54) is 0 Å². The lowest BCUT2D eigenvalue weighted by atomic mass is 10.0. The minimum atomic E-state index is -0.245. The lowest BCUT2D eigenvalue weighted by molar-refractivity contribution is -0.123. The normalized spacial score (nSPS) is 20.2. The molecule has 1 amide bonds. The molecule has 1 aliphatic rings. The number of aliphatic hydroxyl groups is 1. The molecule has 0 spiro atoms. The molecule has 1 aromatic rings. The number of aromatic nitrogens is 2. The zero-order valence-electron chi connectivity index (χ0n) is 12.0. The van der Waals surface area contributed by atoms with Crippen LogP contribution >= 0.6 is 0 Å². The van der Waals surface area contributed by atoms with E-state index in [4.69, 9.17) is 0 Å². The molecule has 1 saturated heterocycles. The molecule has 2 rings (SSSR count). The molecule has 6 nitrogen and oxygen atoms in total. The largest absolute Gasteiger partial charge is 0.394 e. The maximum Gasteiger partial charge on any atom is 0.243 e. The van der Waals surface area contributed by atoms with Crippen LogP contribution in [0.1, 0.15) is 26.7 Å². The molecule has 0 bridgehead atoms. The second kappa shape index (κ2) is 6.65. The van der Waals surface area contributed by atoms with Crippen LogP contribution in [0.2, 0.25) is 0 Å². The first-order chi connectivity index (χ1) is 9.63. The number of carbonyl (C=O) groups excluding carboxylic acids is 1. The Labute approximate surface area is 119 Å². The van der Waals surface area contributed by atoms with Gasteiger partial charge >= 0.3 is 0 Å². The average Bonchev–Trinajstić information content (AvgIpc) is 2.94. The monoisotopic (exact) mass is 278 g/mol. The molecule has 2 atom stereocenters. The summed E-state index contributed by atoms with van der Waals surface area (Å²) in [5, 5.41) is 12.2. The molecule has 0 aromatic carbocycles. The van der Waals surface area contributed by atoms with Crippen LogP contribution in [0.4, 0.5) is 5.95 Å². The molecule has 6 heteroatoms. The number of anilines is 1. The number of rotatable bonds is 5. The molecule has 1 unspecified atom stereocenters. The lowest BCUT2D eigenvalue weighted by Gasteiger charge is -2.27. The van der Waals surface area contributed by atoms with Crippen LogP contribution in [-0.4, -0.2) is 46.2 Å². The maximum atomic E-state index is 12.4. The van der Waals surface area contributed by atoms with Gasteiger partial charge in [-0.2, -0.15) is 0 Å². The Morgan fingerprint density at radius 1 is 1.50 bits per heavy atom. The molecular formula is C14H22N4O2. The van der Waals surface area contributed by atoms with Crippen LogP contribution in [0.25, 0.3) is 0 Å². The van der Waals surface area contributed by atoms with Crippen molar-refractivity contribution in [3.8, 4) is 0 Å². The van der Waals surface area contributed by atoms with Crippen LogP contribution < -0.4 is 10.2 Å². The SMILES string of the molecule is CC(C)[C@@H](CO)NC(=O)C1CCCN1c1ncccn1. The van der Waals surface area contributed by atoms with E-state index in [0.717, 1.165) is 19.4 Å².